The number of carbonyl (C=O) groups is 2. The Balaban J connectivity index is 1.85. The molecule has 118 valence electrons. The predicted molar refractivity (Wildman–Crippen MR) is 86.7 cm³/mol. The molecule has 23 heavy (non-hydrogen) atoms. The van der Waals surface area contributed by atoms with Crippen molar-refractivity contribution >= 4 is 23.2 Å². The molecule has 1 aromatic carbocycles. The fraction of sp³-hybridized carbons (Fsp3) is 0.235. The summed E-state index contributed by atoms with van der Waals surface area (Å²) in [5.41, 5.74) is 1.86. The van der Waals surface area contributed by atoms with Crippen LogP contribution in [-0.2, 0) is 4.79 Å². The molecule has 0 aliphatic carbocycles. The number of anilines is 2. The summed E-state index contributed by atoms with van der Waals surface area (Å²) in [5, 5.41) is 2.82. The first-order chi connectivity index (χ1) is 11.1. The summed E-state index contributed by atoms with van der Waals surface area (Å²) < 4.78 is 5.65. The lowest BCUT2D eigenvalue weighted by Crippen LogP contribution is -2.44. The highest BCUT2D eigenvalue weighted by molar-refractivity contribution is 6.05. The molecule has 1 aliphatic heterocycles. The molecule has 1 aromatic heterocycles. The number of nitrogens with one attached hydrogen (secondary N) is 1. The van der Waals surface area contributed by atoms with Crippen LogP contribution >= 0.6 is 0 Å². The van der Waals surface area contributed by atoms with Crippen LogP contribution < -0.4 is 15.0 Å². The van der Waals surface area contributed by atoms with E-state index in [1.54, 1.807) is 54.5 Å². The summed E-state index contributed by atoms with van der Waals surface area (Å²) in [7, 11) is 0. The quantitative estimate of drug-likeness (QED) is 0.945. The van der Waals surface area contributed by atoms with Crippen LogP contribution in [0.5, 0.6) is 5.75 Å². The molecule has 1 unspecified atom stereocenters. The molecule has 0 fully saturated rings. The lowest BCUT2D eigenvalue weighted by Gasteiger charge is -2.32. The van der Waals surface area contributed by atoms with Gasteiger partial charge in [-0.1, -0.05) is 0 Å². The van der Waals surface area contributed by atoms with Crippen LogP contribution in [0.4, 0.5) is 11.4 Å². The molecule has 6 nitrogen and oxygen atoms in total. The minimum Gasteiger partial charge on any atom is -0.479 e. The van der Waals surface area contributed by atoms with Crippen LogP contribution in [0.25, 0.3) is 0 Å². The Labute approximate surface area is 134 Å². The van der Waals surface area contributed by atoms with E-state index in [1.165, 1.54) is 0 Å². The molecule has 2 heterocycles. The van der Waals surface area contributed by atoms with Crippen LogP contribution in [0, 0.1) is 0 Å². The van der Waals surface area contributed by atoms with Crippen LogP contribution in [-0.4, -0.2) is 29.4 Å². The third-order valence-corrected chi connectivity index (χ3v) is 3.68. The molecule has 6 heteroatoms. The Hall–Kier alpha value is -2.89. The molecule has 1 aliphatic rings. The van der Waals surface area contributed by atoms with E-state index in [9.17, 15) is 9.59 Å². The number of hydrogen-bond donors (Lipinski definition) is 1. The number of nitrogens with zero attached hydrogens (tertiary/aromatic N) is 2. The second kappa shape index (κ2) is 6.08. The SMILES string of the molecule is CCN1C(=O)C(C)Oc2cc(NC(=O)c3ccncc3)ccc21. The third-order valence-electron chi connectivity index (χ3n) is 3.68. The van der Waals surface area contributed by atoms with Gasteiger partial charge in [0.15, 0.2) is 6.10 Å². The first-order valence-corrected chi connectivity index (χ1v) is 7.43. The van der Waals surface area contributed by atoms with Gasteiger partial charge in [0.2, 0.25) is 0 Å². The Morgan fingerprint density at radius 3 is 2.74 bits per heavy atom. The van der Waals surface area contributed by atoms with E-state index >= 15 is 0 Å². The number of likely N-dealkylation sites (N-methyl/N-ethyl adjacent to an activating group) is 1. The fourth-order valence-electron chi connectivity index (χ4n) is 2.52. The first-order valence-electron chi connectivity index (χ1n) is 7.43. The number of fused-ring (bicyclic) bond motifs is 1. The monoisotopic (exact) mass is 311 g/mol. The second-order valence-electron chi connectivity index (χ2n) is 5.22. The molecular weight excluding hydrogens is 294 g/mol. The van der Waals surface area contributed by atoms with E-state index in [-0.39, 0.29) is 11.8 Å². The topological polar surface area (TPSA) is 71.5 Å². The largest absolute Gasteiger partial charge is 0.479 e. The van der Waals surface area contributed by atoms with Crippen LogP contribution in [0.15, 0.2) is 42.7 Å². The van der Waals surface area contributed by atoms with Gasteiger partial charge in [-0.25, -0.2) is 0 Å². The first kappa shape index (κ1) is 15.0. The van der Waals surface area contributed by atoms with E-state index < -0.39 is 6.10 Å². The van der Waals surface area contributed by atoms with E-state index in [4.69, 9.17) is 4.74 Å². The maximum absolute atomic E-state index is 12.2. The number of hydrogen-bond acceptors (Lipinski definition) is 4. The van der Waals surface area contributed by atoms with E-state index in [1.807, 2.05) is 6.92 Å². The molecule has 0 radical (unpaired) electrons. The summed E-state index contributed by atoms with van der Waals surface area (Å²) in [6, 6.07) is 8.56. The van der Waals surface area contributed by atoms with Crippen molar-refractivity contribution in [1.29, 1.82) is 0 Å². The lowest BCUT2D eigenvalue weighted by molar-refractivity contribution is -0.125. The summed E-state index contributed by atoms with van der Waals surface area (Å²) in [5.74, 6) is 0.305. The molecule has 3 rings (SSSR count). The van der Waals surface area contributed by atoms with Crippen molar-refractivity contribution in [1.82, 2.24) is 4.98 Å². The van der Waals surface area contributed by atoms with Gasteiger partial charge in [-0.2, -0.15) is 0 Å². The summed E-state index contributed by atoms with van der Waals surface area (Å²) in [6.07, 6.45) is 2.60. The zero-order chi connectivity index (χ0) is 16.4. The standard InChI is InChI=1S/C17H17N3O3/c1-3-20-14-5-4-13(10-15(14)23-11(2)17(20)22)19-16(21)12-6-8-18-9-7-12/h4-11H,3H2,1-2H3,(H,19,21). The minimum absolute atomic E-state index is 0.0615. The van der Waals surface area contributed by atoms with Crippen LogP contribution in [0.3, 0.4) is 0 Å². The van der Waals surface area contributed by atoms with E-state index in [0.717, 1.165) is 5.69 Å². The van der Waals surface area contributed by atoms with Crippen molar-refractivity contribution in [2.45, 2.75) is 20.0 Å². The molecule has 2 aromatic rings. The second-order valence-corrected chi connectivity index (χ2v) is 5.22. The normalized spacial score (nSPS) is 16.5. The zero-order valence-electron chi connectivity index (χ0n) is 12.9. The van der Waals surface area contributed by atoms with Gasteiger partial charge in [-0.15, -0.1) is 0 Å². The van der Waals surface area contributed by atoms with Crippen molar-refractivity contribution in [3.05, 3.63) is 48.3 Å². The maximum Gasteiger partial charge on any atom is 0.267 e. The van der Waals surface area contributed by atoms with Crippen molar-refractivity contribution in [2.24, 2.45) is 0 Å². The lowest BCUT2D eigenvalue weighted by atomic mass is 10.1. The molecule has 2 amide bonds. The van der Waals surface area contributed by atoms with Gasteiger partial charge in [0, 0.05) is 36.3 Å². The maximum atomic E-state index is 12.2. The summed E-state index contributed by atoms with van der Waals surface area (Å²) in [4.78, 5) is 29.8. The average molecular weight is 311 g/mol. The highest BCUT2D eigenvalue weighted by Crippen LogP contribution is 2.36. The van der Waals surface area contributed by atoms with Gasteiger partial charge in [-0.3, -0.25) is 14.6 Å². The predicted octanol–water partition coefficient (Wildman–Crippen LogP) is 2.47. The van der Waals surface area contributed by atoms with E-state index in [0.29, 0.717) is 23.5 Å². The van der Waals surface area contributed by atoms with Crippen LogP contribution in [0.1, 0.15) is 24.2 Å². The van der Waals surface area contributed by atoms with Crippen molar-refractivity contribution < 1.29 is 14.3 Å². The van der Waals surface area contributed by atoms with Gasteiger partial charge in [0.25, 0.3) is 11.8 Å². The van der Waals surface area contributed by atoms with Crippen molar-refractivity contribution in [3.63, 3.8) is 0 Å². The van der Waals surface area contributed by atoms with Gasteiger partial charge in [0.05, 0.1) is 5.69 Å². The smallest absolute Gasteiger partial charge is 0.267 e. The molecule has 1 atom stereocenters. The number of carbonyl (C=O) groups excluding carboxylic acids is 2. The number of benzene rings is 1. The molecule has 0 saturated heterocycles. The summed E-state index contributed by atoms with van der Waals surface area (Å²) >= 11 is 0. The molecular formula is C17H17N3O3. The molecule has 1 N–H and O–H groups in total. The Kier molecular flexibility index (Phi) is 3.97. The Bertz CT molecular complexity index is 746. The zero-order valence-corrected chi connectivity index (χ0v) is 12.9. The van der Waals surface area contributed by atoms with Gasteiger partial charge in [-0.05, 0) is 38.1 Å². The third kappa shape index (κ3) is 2.88. The van der Waals surface area contributed by atoms with Crippen LogP contribution in [0.2, 0.25) is 0 Å². The Morgan fingerprint density at radius 2 is 2.04 bits per heavy atom. The molecule has 0 saturated carbocycles. The Morgan fingerprint density at radius 1 is 1.30 bits per heavy atom. The number of pyridine rings is 1. The van der Waals surface area contributed by atoms with Crippen molar-refractivity contribution in [2.75, 3.05) is 16.8 Å². The number of rotatable bonds is 3. The number of aromatic nitrogens is 1. The van der Waals surface area contributed by atoms with Gasteiger partial charge < -0.3 is 15.0 Å². The molecule has 0 bridgehead atoms. The fourth-order valence-corrected chi connectivity index (χ4v) is 2.52. The summed E-state index contributed by atoms with van der Waals surface area (Å²) in [6.45, 7) is 4.21. The van der Waals surface area contributed by atoms with Crippen molar-refractivity contribution in [3.8, 4) is 5.75 Å². The van der Waals surface area contributed by atoms with E-state index in [2.05, 4.69) is 10.3 Å². The number of ether oxygens (including phenoxy) is 1. The highest BCUT2D eigenvalue weighted by atomic mass is 16.5. The van der Waals surface area contributed by atoms with Gasteiger partial charge in [0.1, 0.15) is 5.75 Å². The average Bonchev–Trinajstić information content (AvgIpc) is 2.57. The minimum atomic E-state index is -0.534. The highest BCUT2D eigenvalue weighted by Gasteiger charge is 2.30. The molecule has 0 spiro atoms. The van der Waals surface area contributed by atoms with Gasteiger partial charge >= 0.3 is 0 Å². The number of amides is 2.